The van der Waals surface area contributed by atoms with E-state index in [4.69, 9.17) is 10.5 Å². The fourth-order valence-corrected chi connectivity index (χ4v) is 1.94. The molecule has 0 aliphatic heterocycles. The van der Waals surface area contributed by atoms with Crippen LogP contribution >= 0.6 is 0 Å². The van der Waals surface area contributed by atoms with Crippen molar-refractivity contribution in [1.29, 1.82) is 0 Å². The van der Waals surface area contributed by atoms with Crippen molar-refractivity contribution in [3.8, 4) is 5.75 Å². The molecule has 0 atom stereocenters. The fraction of sp³-hybridized carbons (Fsp3) is 0.562. The first-order chi connectivity index (χ1) is 9.54. The van der Waals surface area contributed by atoms with Gasteiger partial charge in [0.05, 0.1) is 0 Å². The Balaban J connectivity index is 2.48. The first-order valence-electron chi connectivity index (χ1n) is 7.24. The van der Waals surface area contributed by atoms with Crippen molar-refractivity contribution in [3.63, 3.8) is 0 Å². The minimum absolute atomic E-state index is 0.0613. The Kier molecular flexibility index (Phi) is 7.09. The third-order valence-corrected chi connectivity index (χ3v) is 3.10. The van der Waals surface area contributed by atoms with Gasteiger partial charge in [0.1, 0.15) is 5.75 Å². The van der Waals surface area contributed by atoms with Crippen molar-refractivity contribution in [1.82, 2.24) is 5.32 Å². The first-order valence-corrected chi connectivity index (χ1v) is 7.24. The van der Waals surface area contributed by atoms with Crippen molar-refractivity contribution in [2.24, 2.45) is 5.73 Å². The highest BCUT2D eigenvalue weighted by Gasteiger charge is 2.09. The summed E-state index contributed by atoms with van der Waals surface area (Å²) in [6, 6.07) is 6.11. The summed E-state index contributed by atoms with van der Waals surface area (Å²) >= 11 is 0. The second kappa shape index (κ2) is 8.59. The van der Waals surface area contributed by atoms with Gasteiger partial charge in [-0.3, -0.25) is 4.79 Å². The molecule has 0 aliphatic rings. The molecule has 1 aromatic carbocycles. The van der Waals surface area contributed by atoms with Gasteiger partial charge >= 0.3 is 0 Å². The minimum Gasteiger partial charge on any atom is -0.483 e. The Morgan fingerprint density at radius 2 is 2.10 bits per heavy atom. The van der Waals surface area contributed by atoms with Crippen LogP contribution in [0.1, 0.15) is 43.7 Å². The summed E-state index contributed by atoms with van der Waals surface area (Å²) in [5.41, 5.74) is 7.66. The average molecular weight is 278 g/mol. The lowest BCUT2D eigenvalue weighted by molar-refractivity contribution is -0.123. The molecule has 0 fully saturated rings. The van der Waals surface area contributed by atoms with Gasteiger partial charge in [-0.15, -0.1) is 0 Å². The van der Waals surface area contributed by atoms with Crippen LogP contribution in [0.25, 0.3) is 0 Å². The van der Waals surface area contributed by atoms with E-state index in [0.717, 1.165) is 29.7 Å². The number of hydrogen-bond acceptors (Lipinski definition) is 3. The smallest absolute Gasteiger partial charge is 0.257 e. The van der Waals surface area contributed by atoms with E-state index in [-0.39, 0.29) is 12.5 Å². The normalized spacial score (nSPS) is 10.7. The van der Waals surface area contributed by atoms with E-state index in [0.29, 0.717) is 19.0 Å². The number of aryl methyl sites for hydroxylation is 1. The van der Waals surface area contributed by atoms with E-state index in [2.05, 4.69) is 31.3 Å². The summed E-state index contributed by atoms with van der Waals surface area (Å²) in [6.45, 7) is 7.63. The lowest BCUT2D eigenvalue weighted by Gasteiger charge is -2.14. The SMILES string of the molecule is Cc1ccc(C(C)C)c(OCC(=O)NCCCCN)c1. The molecule has 0 radical (unpaired) electrons. The molecule has 1 amide bonds. The third kappa shape index (κ3) is 5.61. The van der Waals surface area contributed by atoms with Crippen LogP contribution in [0.2, 0.25) is 0 Å². The number of amides is 1. The number of rotatable bonds is 8. The summed E-state index contributed by atoms with van der Waals surface area (Å²) < 4.78 is 5.66. The summed E-state index contributed by atoms with van der Waals surface area (Å²) in [5, 5.41) is 2.83. The molecular weight excluding hydrogens is 252 g/mol. The van der Waals surface area contributed by atoms with E-state index in [1.54, 1.807) is 0 Å². The molecule has 4 nitrogen and oxygen atoms in total. The number of nitrogens with one attached hydrogen (secondary N) is 1. The molecule has 1 aromatic rings. The molecular formula is C16H26N2O2. The van der Waals surface area contributed by atoms with E-state index >= 15 is 0 Å². The maximum absolute atomic E-state index is 11.7. The molecule has 0 saturated heterocycles. The topological polar surface area (TPSA) is 64.3 Å². The van der Waals surface area contributed by atoms with Gasteiger partial charge in [-0.2, -0.15) is 0 Å². The van der Waals surface area contributed by atoms with Crippen LogP contribution in [0.3, 0.4) is 0 Å². The minimum atomic E-state index is -0.0850. The van der Waals surface area contributed by atoms with Crippen molar-refractivity contribution >= 4 is 5.91 Å². The largest absolute Gasteiger partial charge is 0.483 e. The maximum Gasteiger partial charge on any atom is 0.257 e. The highest BCUT2D eigenvalue weighted by atomic mass is 16.5. The molecule has 0 aromatic heterocycles. The summed E-state index contributed by atoms with van der Waals surface area (Å²) in [5.74, 6) is 1.09. The van der Waals surface area contributed by atoms with E-state index in [1.807, 2.05) is 13.0 Å². The monoisotopic (exact) mass is 278 g/mol. The number of carbonyl (C=O) groups excluding carboxylic acids is 1. The summed E-state index contributed by atoms with van der Waals surface area (Å²) in [7, 11) is 0. The highest BCUT2D eigenvalue weighted by Crippen LogP contribution is 2.27. The second-order valence-electron chi connectivity index (χ2n) is 5.33. The standard InChI is InChI=1S/C16H26N2O2/c1-12(2)14-7-6-13(3)10-15(14)20-11-16(19)18-9-5-4-8-17/h6-7,10,12H,4-5,8-9,11,17H2,1-3H3,(H,18,19). The number of benzene rings is 1. The molecule has 0 unspecified atom stereocenters. The Bertz CT molecular complexity index is 430. The molecule has 3 N–H and O–H groups in total. The molecule has 4 heteroatoms. The average Bonchev–Trinajstić information content (AvgIpc) is 2.41. The van der Waals surface area contributed by atoms with E-state index in [1.165, 1.54) is 0 Å². The highest BCUT2D eigenvalue weighted by molar-refractivity contribution is 5.77. The predicted molar refractivity (Wildman–Crippen MR) is 82.1 cm³/mol. The lowest BCUT2D eigenvalue weighted by atomic mass is 10.0. The maximum atomic E-state index is 11.7. The Morgan fingerprint density at radius 3 is 2.75 bits per heavy atom. The van der Waals surface area contributed by atoms with E-state index in [9.17, 15) is 4.79 Å². The van der Waals surface area contributed by atoms with Crippen LogP contribution in [0.4, 0.5) is 0 Å². The van der Waals surface area contributed by atoms with Gasteiger partial charge in [0.25, 0.3) is 5.91 Å². The third-order valence-electron chi connectivity index (χ3n) is 3.10. The number of ether oxygens (including phenoxy) is 1. The van der Waals surface area contributed by atoms with Crippen LogP contribution in [0, 0.1) is 6.92 Å². The number of unbranched alkanes of at least 4 members (excludes halogenated alkanes) is 1. The van der Waals surface area contributed by atoms with Crippen LogP contribution in [-0.4, -0.2) is 25.6 Å². The van der Waals surface area contributed by atoms with E-state index < -0.39 is 0 Å². The fourth-order valence-electron chi connectivity index (χ4n) is 1.94. The number of carbonyl (C=O) groups is 1. The molecule has 112 valence electrons. The van der Waals surface area contributed by atoms with Crippen molar-refractivity contribution in [2.75, 3.05) is 19.7 Å². The molecule has 0 saturated carbocycles. The zero-order valence-corrected chi connectivity index (χ0v) is 12.7. The summed E-state index contributed by atoms with van der Waals surface area (Å²) in [6.07, 6.45) is 1.83. The van der Waals surface area contributed by atoms with Crippen molar-refractivity contribution in [3.05, 3.63) is 29.3 Å². The summed E-state index contributed by atoms with van der Waals surface area (Å²) in [4.78, 5) is 11.7. The molecule has 0 aliphatic carbocycles. The van der Waals surface area contributed by atoms with Gasteiger partial charge in [0, 0.05) is 6.54 Å². The first kappa shape index (κ1) is 16.5. The predicted octanol–water partition coefficient (Wildman–Crippen LogP) is 2.35. The number of nitrogens with two attached hydrogens (primary N) is 1. The van der Waals surface area contributed by atoms with Gasteiger partial charge in [0.15, 0.2) is 6.61 Å². The Morgan fingerprint density at radius 1 is 1.35 bits per heavy atom. The van der Waals surface area contributed by atoms with Crippen LogP contribution in [-0.2, 0) is 4.79 Å². The quantitative estimate of drug-likeness (QED) is 0.717. The van der Waals surface area contributed by atoms with Gasteiger partial charge < -0.3 is 15.8 Å². The molecule has 20 heavy (non-hydrogen) atoms. The zero-order chi connectivity index (χ0) is 15.0. The van der Waals surface area contributed by atoms with Crippen molar-refractivity contribution < 1.29 is 9.53 Å². The molecule has 0 bridgehead atoms. The Labute approximate surface area is 121 Å². The lowest BCUT2D eigenvalue weighted by Crippen LogP contribution is -2.30. The van der Waals surface area contributed by atoms with Gasteiger partial charge in [0.2, 0.25) is 0 Å². The van der Waals surface area contributed by atoms with Gasteiger partial charge in [-0.25, -0.2) is 0 Å². The van der Waals surface area contributed by atoms with Gasteiger partial charge in [-0.05, 0) is 49.4 Å². The molecule has 1 rings (SSSR count). The van der Waals surface area contributed by atoms with Crippen LogP contribution in [0.5, 0.6) is 5.75 Å². The number of hydrogen-bond donors (Lipinski definition) is 2. The molecule has 0 heterocycles. The zero-order valence-electron chi connectivity index (χ0n) is 12.7. The molecule has 0 spiro atoms. The van der Waals surface area contributed by atoms with Gasteiger partial charge in [-0.1, -0.05) is 26.0 Å². The second-order valence-corrected chi connectivity index (χ2v) is 5.33. The van der Waals surface area contributed by atoms with Crippen molar-refractivity contribution in [2.45, 2.75) is 39.5 Å². The van der Waals surface area contributed by atoms with Crippen LogP contribution in [0.15, 0.2) is 18.2 Å². The Hall–Kier alpha value is -1.55. The van der Waals surface area contributed by atoms with Crippen LogP contribution < -0.4 is 15.8 Å².